The maximum atomic E-state index is 10.3. The molecule has 0 bridgehead atoms. The van der Waals surface area contributed by atoms with Crippen molar-refractivity contribution in [2.24, 2.45) is 0 Å². The van der Waals surface area contributed by atoms with Crippen molar-refractivity contribution in [1.29, 1.82) is 0 Å². The van der Waals surface area contributed by atoms with Gasteiger partial charge in [0, 0.05) is 6.42 Å². The Bertz CT molecular complexity index is 239. The van der Waals surface area contributed by atoms with Gasteiger partial charge in [-0.05, 0) is 25.5 Å². The minimum absolute atomic E-state index is 0.00694. The van der Waals surface area contributed by atoms with E-state index in [1.807, 2.05) is 0 Å². The first kappa shape index (κ1) is 13.9. The molecule has 0 spiro atoms. The van der Waals surface area contributed by atoms with Crippen molar-refractivity contribution in [3.05, 3.63) is 24.2 Å². The van der Waals surface area contributed by atoms with Crippen LogP contribution < -0.4 is 0 Å². The van der Waals surface area contributed by atoms with Gasteiger partial charge in [0.25, 0.3) is 0 Å². The minimum Gasteiger partial charge on any atom is -0.467 e. The van der Waals surface area contributed by atoms with Gasteiger partial charge in [0.05, 0.1) is 6.26 Å². The van der Waals surface area contributed by atoms with Crippen LogP contribution in [-0.4, -0.2) is 10.9 Å². The Balaban J connectivity index is 0.000000262. The third kappa shape index (κ3) is 9.22. The first-order chi connectivity index (χ1) is 7.20. The van der Waals surface area contributed by atoms with Gasteiger partial charge in [-0.3, -0.25) is 0 Å². The first-order valence-corrected chi connectivity index (χ1v) is 5.33. The zero-order valence-corrected chi connectivity index (χ0v) is 9.53. The summed E-state index contributed by atoms with van der Waals surface area (Å²) in [5.74, 6) is 0.929. The number of rotatable bonds is 5. The van der Waals surface area contributed by atoms with Gasteiger partial charge in [-0.2, -0.15) is 0 Å². The summed E-state index contributed by atoms with van der Waals surface area (Å²) in [6.45, 7) is 3.78. The number of aliphatic hydroxyl groups excluding tert-OH is 1. The molecule has 86 valence electrons. The zero-order chi connectivity index (χ0) is 11.5. The summed E-state index contributed by atoms with van der Waals surface area (Å²) >= 11 is 0. The number of unbranched alkanes of at least 4 members (excludes halogenated alkanes) is 2. The highest BCUT2D eigenvalue weighted by Crippen LogP contribution is 1.98. The predicted molar refractivity (Wildman–Crippen MR) is 59.5 cm³/mol. The highest BCUT2D eigenvalue weighted by Gasteiger charge is 1.89. The molecule has 0 saturated carbocycles. The molecule has 1 N–H and O–H groups in total. The van der Waals surface area contributed by atoms with Crippen LogP contribution >= 0.6 is 0 Å². The molecule has 15 heavy (non-hydrogen) atoms. The van der Waals surface area contributed by atoms with E-state index in [1.165, 1.54) is 19.1 Å². The number of hydrogen-bond acceptors (Lipinski definition) is 3. The summed E-state index contributed by atoms with van der Waals surface area (Å²) in [6.07, 6.45) is 5.78. The van der Waals surface area contributed by atoms with Crippen molar-refractivity contribution in [2.45, 2.75) is 46.1 Å². The summed E-state index contributed by atoms with van der Waals surface area (Å²) in [6, 6.07) is 3.46. The van der Waals surface area contributed by atoms with Crippen LogP contribution in [0.1, 0.15) is 45.3 Å². The topological polar surface area (TPSA) is 50.4 Å². The van der Waals surface area contributed by atoms with Crippen molar-refractivity contribution in [2.75, 3.05) is 0 Å². The fourth-order valence-electron chi connectivity index (χ4n) is 1.03. The number of furan rings is 1. The van der Waals surface area contributed by atoms with Gasteiger partial charge < -0.3 is 14.3 Å². The van der Waals surface area contributed by atoms with Gasteiger partial charge in [-0.25, -0.2) is 0 Å². The van der Waals surface area contributed by atoms with Crippen LogP contribution in [0, 0.1) is 0 Å². The molecule has 0 radical (unpaired) electrons. The number of carbonyl (C=O) groups is 1. The van der Waals surface area contributed by atoms with Crippen LogP contribution in [0.2, 0.25) is 0 Å². The molecule has 1 rings (SSSR count). The molecule has 1 heterocycles. The van der Waals surface area contributed by atoms with Crippen LogP contribution in [-0.2, 0) is 11.4 Å². The van der Waals surface area contributed by atoms with Gasteiger partial charge in [0.1, 0.15) is 18.2 Å². The third-order valence-corrected chi connectivity index (χ3v) is 1.87. The molecule has 1 aromatic heterocycles. The van der Waals surface area contributed by atoms with Crippen molar-refractivity contribution in [1.82, 2.24) is 0 Å². The average Bonchev–Trinajstić information content (AvgIpc) is 2.71. The lowest BCUT2D eigenvalue weighted by molar-refractivity contribution is -0.117. The fourth-order valence-corrected chi connectivity index (χ4v) is 1.03. The number of ketones is 1. The lowest BCUT2D eigenvalue weighted by Crippen LogP contribution is -1.87. The zero-order valence-electron chi connectivity index (χ0n) is 9.53. The van der Waals surface area contributed by atoms with E-state index in [0.29, 0.717) is 11.5 Å². The van der Waals surface area contributed by atoms with E-state index in [2.05, 4.69) is 6.92 Å². The molecular weight excluding hydrogens is 192 g/mol. The van der Waals surface area contributed by atoms with Crippen LogP contribution in [0.15, 0.2) is 22.8 Å². The maximum absolute atomic E-state index is 10.3. The molecule has 0 fully saturated rings. The van der Waals surface area contributed by atoms with Gasteiger partial charge in [0.2, 0.25) is 0 Å². The third-order valence-electron chi connectivity index (χ3n) is 1.87. The van der Waals surface area contributed by atoms with E-state index < -0.39 is 0 Å². The standard InChI is InChI=1S/C7H14O.C5H6O2/c1-3-4-5-6-7(2)8;6-4-5-2-1-3-7-5/h3-6H2,1-2H3;1-3,6H,4H2. The summed E-state index contributed by atoms with van der Waals surface area (Å²) < 4.78 is 4.73. The van der Waals surface area contributed by atoms with Crippen LogP contribution in [0.25, 0.3) is 0 Å². The lowest BCUT2D eigenvalue weighted by atomic mass is 10.2. The highest BCUT2D eigenvalue weighted by atomic mass is 16.4. The van der Waals surface area contributed by atoms with Crippen molar-refractivity contribution < 1.29 is 14.3 Å². The normalized spacial score (nSPS) is 9.27. The quantitative estimate of drug-likeness (QED) is 0.763. The number of carbonyl (C=O) groups excluding carboxylic acids is 1. The molecule has 3 heteroatoms. The minimum atomic E-state index is -0.00694. The molecule has 0 atom stereocenters. The molecule has 3 nitrogen and oxygen atoms in total. The molecule has 0 unspecified atom stereocenters. The molecule has 0 aromatic carbocycles. The maximum Gasteiger partial charge on any atom is 0.129 e. The van der Waals surface area contributed by atoms with Crippen molar-refractivity contribution >= 4 is 5.78 Å². The first-order valence-electron chi connectivity index (χ1n) is 5.33. The summed E-state index contributed by atoms with van der Waals surface area (Å²) in [4.78, 5) is 10.3. The molecule has 1 aromatic rings. The van der Waals surface area contributed by atoms with E-state index in [4.69, 9.17) is 9.52 Å². The molecule has 0 aliphatic rings. The Hall–Kier alpha value is -1.09. The van der Waals surface area contributed by atoms with Crippen LogP contribution in [0.5, 0.6) is 0 Å². The number of aliphatic hydroxyl groups is 1. The SMILES string of the molecule is CCCCCC(C)=O.OCc1ccco1. The summed E-state index contributed by atoms with van der Waals surface area (Å²) in [5.41, 5.74) is 0. The number of hydrogen-bond donors (Lipinski definition) is 1. The second kappa shape index (κ2) is 9.46. The Morgan fingerprint density at radius 1 is 1.47 bits per heavy atom. The monoisotopic (exact) mass is 212 g/mol. The van der Waals surface area contributed by atoms with Crippen LogP contribution in [0.3, 0.4) is 0 Å². The second-order valence-electron chi connectivity index (χ2n) is 3.40. The van der Waals surface area contributed by atoms with E-state index in [1.54, 1.807) is 19.1 Å². The van der Waals surface area contributed by atoms with Gasteiger partial charge in [-0.15, -0.1) is 0 Å². The average molecular weight is 212 g/mol. The predicted octanol–water partition coefficient (Wildman–Crippen LogP) is 2.93. The highest BCUT2D eigenvalue weighted by molar-refractivity contribution is 5.75. The van der Waals surface area contributed by atoms with E-state index in [9.17, 15) is 4.79 Å². The van der Waals surface area contributed by atoms with Gasteiger partial charge in [0.15, 0.2) is 0 Å². The smallest absolute Gasteiger partial charge is 0.129 e. The van der Waals surface area contributed by atoms with Gasteiger partial charge in [-0.1, -0.05) is 19.8 Å². The van der Waals surface area contributed by atoms with Crippen molar-refractivity contribution in [3.63, 3.8) is 0 Å². The molecular formula is C12H20O3. The fraction of sp³-hybridized carbons (Fsp3) is 0.583. The van der Waals surface area contributed by atoms with E-state index in [0.717, 1.165) is 12.8 Å². The lowest BCUT2D eigenvalue weighted by Gasteiger charge is -1.90. The Morgan fingerprint density at radius 2 is 2.20 bits per heavy atom. The molecule has 0 saturated heterocycles. The Labute approximate surface area is 91.1 Å². The van der Waals surface area contributed by atoms with Crippen molar-refractivity contribution in [3.8, 4) is 0 Å². The Kier molecular flexibility index (Phi) is 8.78. The van der Waals surface area contributed by atoms with E-state index in [-0.39, 0.29) is 6.61 Å². The van der Waals surface area contributed by atoms with Crippen LogP contribution in [0.4, 0.5) is 0 Å². The summed E-state index contributed by atoms with van der Waals surface area (Å²) in [7, 11) is 0. The second-order valence-corrected chi connectivity index (χ2v) is 3.40. The summed E-state index contributed by atoms with van der Waals surface area (Å²) in [5, 5.41) is 8.33. The molecule has 0 amide bonds. The number of Topliss-reactive ketones (excluding diaryl/α,β-unsaturated/α-hetero) is 1. The molecule has 0 aliphatic carbocycles. The Morgan fingerprint density at radius 3 is 2.53 bits per heavy atom. The van der Waals surface area contributed by atoms with Gasteiger partial charge >= 0.3 is 0 Å². The van der Waals surface area contributed by atoms with E-state index >= 15 is 0 Å². The largest absolute Gasteiger partial charge is 0.467 e. The molecule has 0 aliphatic heterocycles.